The zero-order valence-corrected chi connectivity index (χ0v) is 18.9. The first kappa shape index (κ1) is 23.0. The summed E-state index contributed by atoms with van der Waals surface area (Å²) in [5.74, 6) is 1.38. The van der Waals surface area contributed by atoms with Crippen LogP contribution in [0, 0.1) is 5.92 Å². The van der Waals surface area contributed by atoms with E-state index in [9.17, 15) is 9.59 Å². The summed E-state index contributed by atoms with van der Waals surface area (Å²) in [4.78, 5) is 32.0. The van der Waals surface area contributed by atoms with E-state index in [-0.39, 0.29) is 18.4 Å². The molecule has 2 aromatic rings. The first-order chi connectivity index (χ1) is 16.2. The molecule has 0 aliphatic carbocycles. The number of carbonyl (C=O) groups excluding carboxylic acids is 2. The highest BCUT2D eigenvalue weighted by Gasteiger charge is 2.22. The van der Waals surface area contributed by atoms with E-state index in [0.29, 0.717) is 37.1 Å². The van der Waals surface area contributed by atoms with Crippen molar-refractivity contribution < 1.29 is 19.1 Å². The van der Waals surface area contributed by atoms with Gasteiger partial charge in [0.05, 0.1) is 18.8 Å². The van der Waals surface area contributed by atoms with Gasteiger partial charge in [0.2, 0.25) is 5.91 Å². The quantitative estimate of drug-likeness (QED) is 0.739. The molecule has 2 amide bonds. The summed E-state index contributed by atoms with van der Waals surface area (Å²) in [6.45, 7) is 3.23. The highest BCUT2D eigenvalue weighted by molar-refractivity contribution is 5.95. The average molecular weight is 453 g/mol. The summed E-state index contributed by atoms with van der Waals surface area (Å²) in [5, 5.41) is 6.25. The molecule has 8 nitrogen and oxygen atoms in total. The number of hydrogen-bond acceptors (Lipinski definition) is 6. The zero-order valence-electron chi connectivity index (χ0n) is 18.9. The summed E-state index contributed by atoms with van der Waals surface area (Å²) >= 11 is 0. The van der Waals surface area contributed by atoms with E-state index in [1.165, 1.54) is 0 Å². The molecule has 0 radical (unpaired) electrons. The lowest BCUT2D eigenvalue weighted by Gasteiger charge is -2.25. The Bertz CT molecular complexity index is 946. The number of rotatable bonds is 4. The molecule has 1 saturated heterocycles. The van der Waals surface area contributed by atoms with E-state index in [1.807, 2.05) is 30.3 Å². The first-order valence-electron chi connectivity index (χ1n) is 11.8. The molecule has 0 spiro atoms. The minimum absolute atomic E-state index is 0.0285. The van der Waals surface area contributed by atoms with Crippen LogP contribution >= 0.6 is 0 Å². The lowest BCUT2D eigenvalue weighted by Crippen LogP contribution is -2.43. The number of carbonyl (C=O) groups is 2. The van der Waals surface area contributed by atoms with Crippen molar-refractivity contribution in [2.45, 2.75) is 32.1 Å². The fourth-order valence-corrected chi connectivity index (χ4v) is 4.07. The highest BCUT2D eigenvalue weighted by atomic mass is 16.5. The van der Waals surface area contributed by atoms with Gasteiger partial charge in [-0.3, -0.25) is 9.59 Å². The number of amides is 2. The highest BCUT2D eigenvalue weighted by Crippen LogP contribution is 2.27. The number of nitrogens with zero attached hydrogens (tertiary/aromatic N) is 2. The third-order valence-electron chi connectivity index (χ3n) is 6.00. The second-order valence-corrected chi connectivity index (χ2v) is 8.52. The third-order valence-corrected chi connectivity index (χ3v) is 6.00. The zero-order chi connectivity index (χ0) is 22.9. The van der Waals surface area contributed by atoms with Gasteiger partial charge in [-0.15, -0.1) is 0 Å². The van der Waals surface area contributed by atoms with Crippen molar-refractivity contribution in [2.24, 2.45) is 5.92 Å². The van der Waals surface area contributed by atoms with Gasteiger partial charge in [0.1, 0.15) is 17.3 Å². The molecular formula is C25H32N4O4. The predicted octanol–water partition coefficient (Wildman–Crippen LogP) is 3.37. The van der Waals surface area contributed by atoms with Gasteiger partial charge >= 0.3 is 0 Å². The van der Waals surface area contributed by atoms with Crippen LogP contribution in [-0.4, -0.2) is 61.2 Å². The van der Waals surface area contributed by atoms with Gasteiger partial charge in [-0.1, -0.05) is 18.2 Å². The van der Waals surface area contributed by atoms with Crippen LogP contribution in [0.1, 0.15) is 42.6 Å². The van der Waals surface area contributed by atoms with Crippen LogP contribution < -0.4 is 15.4 Å². The molecule has 4 rings (SSSR count). The second-order valence-electron chi connectivity index (χ2n) is 8.52. The van der Waals surface area contributed by atoms with Gasteiger partial charge < -0.3 is 25.0 Å². The summed E-state index contributed by atoms with van der Waals surface area (Å²) in [7, 11) is 0. The molecule has 1 fully saturated rings. The molecule has 8 heteroatoms. The molecule has 1 aromatic heterocycles. The summed E-state index contributed by atoms with van der Waals surface area (Å²) in [6, 6.07) is 13.0. The number of fused-ring (bicyclic) bond motifs is 3. The van der Waals surface area contributed by atoms with Gasteiger partial charge in [0.25, 0.3) is 5.91 Å². The minimum atomic E-state index is -0.235. The Labute approximate surface area is 194 Å². The van der Waals surface area contributed by atoms with Gasteiger partial charge in [0.15, 0.2) is 0 Å². The number of pyridine rings is 1. The molecule has 0 unspecified atom stereocenters. The molecule has 2 bridgehead atoms. The van der Waals surface area contributed by atoms with Gasteiger partial charge in [0, 0.05) is 26.3 Å². The standard InChI is InChI=1S/C25H32N4O4/c30-24(26-17-19-11-15-32-16-12-19)18-29-13-4-1-5-14-33-22-9-3-2-7-20(22)27-23-10-6-8-21(28-23)25(29)31/h2-3,6-10,19H,1,4-5,11-18H2,(H,26,30)(H,27,28). The van der Waals surface area contributed by atoms with Crippen LogP contribution in [0.5, 0.6) is 5.75 Å². The molecule has 3 heterocycles. The van der Waals surface area contributed by atoms with Crippen molar-refractivity contribution in [3.05, 3.63) is 48.2 Å². The van der Waals surface area contributed by atoms with Crippen molar-refractivity contribution in [3.63, 3.8) is 0 Å². The Kier molecular flexibility index (Phi) is 8.14. The van der Waals surface area contributed by atoms with E-state index in [1.54, 1.807) is 17.0 Å². The van der Waals surface area contributed by atoms with E-state index in [0.717, 1.165) is 56.8 Å². The average Bonchev–Trinajstić information content (AvgIpc) is 2.85. The summed E-state index contributed by atoms with van der Waals surface area (Å²) in [6.07, 6.45) is 4.48. The van der Waals surface area contributed by atoms with Crippen LogP contribution in [0.15, 0.2) is 42.5 Å². The van der Waals surface area contributed by atoms with Crippen molar-refractivity contribution in [2.75, 3.05) is 44.8 Å². The fourth-order valence-electron chi connectivity index (χ4n) is 4.07. The Morgan fingerprint density at radius 2 is 1.91 bits per heavy atom. The molecule has 0 saturated carbocycles. The van der Waals surface area contributed by atoms with Crippen LogP contribution in [0.3, 0.4) is 0 Å². The first-order valence-corrected chi connectivity index (χ1v) is 11.8. The minimum Gasteiger partial charge on any atom is -0.491 e. The number of anilines is 2. The number of benzene rings is 1. The van der Waals surface area contributed by atoms with Gasteiger partial charge in [-0.2, -0.15) is 0 Å². The number of aromatic nitrogens is 1. The molecule has 2 aliphatic rings. The van der Waals surface area contributed by atoms with E-state index in [4.69, 9.17) is 9.47 Å². The largest absolute Gasteiger partial charge is 0.491 e. The molecule has 33 heavy (non-hydrogen) atoms. The SMILES string of the molecule is O=C(CN1CCCCCOc2ccccc2Nc2cccc(n2)C1=O)NCC1CCOCC1. The molecule has 1 aromatic carbocycles. The van der Waals surface area contributed by atoms with Crippen LogP contribution in [0.2, 0.25) is 0 Å². The maximum atomic E-state index is 13.3. The molecule has 2 aliphatic heterocycles. The van der Waals surface area contributed by atoms with Crippen LogP contribution in [0.4, 0.5) is 11.5 Å². The Hall–Kier alpha value is -3.13. The molecule has 2 N–H and O–H groups in total. The monoisotopic (exact) mass is 452 g/mol. The molecular weight excluding hydrogens is 420 g/mol. The van der Waals surface area contributed by atoms with E-state index < -0.39 is 0 Å². The number of hydrogen-bond donors (Lipinski definition) is 2. The third kappa shape index (κ3) is 6.68. The summed E-state index contributed by atoms with van der Waals surface area (Å²) < 4.78 is 11.3. The van der Waals surface area contributed by atoms with Crippen LogP contribution in [0.25, 0.3) is 0 Å². The van der Waals surface area contributed by atoms with Crippen molar-refractivity contribution in [1.29, 1.82) is 0 Å². The van der Waals surface area contributed by atoms with Crippen molar-refractivity contribution >= 4 is 23.3 Å². The van der Waals surface area contributed by atoms with Gasteiger partial charge in [-0.25, -0.2) is 4.98 Å². The maximum absolute atomic E-state index is 13.3. The fraction of sp³-hybridized carbons (Fsp3) is 0.480. The Morgan fingerprint density at radius 3 is 2.79 bits per heavy atom. The number of para-hydroxylation sites is 2. The topological polar surface area (TPSA) is 92.8 Å². The predicted molar refractivity (Wildman–Crippen MR) is 126 cm³/mol. The van der Waals surface area contributed by atoms with E-state index >= 15 is 0 Å². The van der Waals surface area contributed by atoms with Crippen molar-refractivity contribution in [1.82, 2.24) is 15.2 Å². The number of nitrogens with one attached hydrogen (secondary N) is 2. The Balaban J connectivity index is 1.46. The Morgan fingerprint density at radius 1 is 1.06 bits per heavy atom. The lowest BCUT2D eigenvalue weighted by atomic mass is 10.0. The lowest BCUT2D eigenvalue weighted by molar-refractivity contribution is -0.122. The number of ether oxygens (including phenoxy) is 2. The van der Waals surface area contributed by atoms with Crippen LogP contribution in [-0.2, 0) is 9.53 Å². The van der Waals surface area contributed by atoms with Gasteiger partial charge in [-0.05, 0) is 62.3 Å². The molecule has 176 valence electrons. The smallest absolute Gasteiger partial charge is 0.273 e. The maximum Gasteiger partial charge on any atom is 0.273 e. The summed E-state index contributed by atoms with van der Waals surface area (Å²) in [5.41, 5.74) is 1.11. The van der Waals surface area contributed by atoms with E-state index in [2.05, 4.69) is 15.6 Å². The van der Waals surface area contributed by atoms with Crippen molar-refractivity contribution in [3.8, 4) is 5.75 Å². The normalized spacial score (nSPS) is 17.8. The molecule has 0 atom stereocenters. The second kappa shape index (κ2) is 11.7.